The van der Waals surface area contributed by atoms with Crippen molar-refractivity contribution in [2.45, 2.75) is 19.0 Å². The Labute approximate surface area is 130 Å². The Bertz CT molecular complexity index is 812. The second-order valence-corrected chi connectivity index (χ2v) is 7.48. The summed E-state index contributed by atoms with van der Waals surface area (Å²) in [5, 5.41) is 2.26. The lowest BCUT2D eigenvalue weighted by Crippen LogP contribution is -2.36. The lowest BCUT2D eigenvalue weighted by Gasteiger charge is -2.18. The minimum atomic E-state index is -3.29. The van der Waals surface area contributed by atoms with E-state index in [0.29, 0.717) is 13.1 Å². The summed E-state index contributed by atoms with van der Waals surface area (Å²) < 4.78 is 25.1. The molecule has 1 aliphatic heterocycles. The van der Waals surface area contributed by atoms with Gasteiger partial charge in [-0.1, -0.05) is 42.5 Å². The lowest BCUT2D eigenvalue weighted by molar-refractivity contribution is -0.128. The molecule has 22 heavy (non-hydrogen) atoms. The average Bonchev–Trinajstić information content (AvgIpc) is 2.77. The van der Waals surface area contributed by atoms with Crippen molar-refractivity contribution in [2.75, 3.05) is 12.8 Å². The number of rotatable bonds is 4. The standard InChI is InChI=1S/C16H18N2O3S/c1-22(20,21)17-14-9-16(19)18(11-14)10-13-7-4-6-12-5-2-3-8-15(12)13/h2-8,14,17H,9-11H2,1H3. The van der Waals surface area contributed by atoms with E-state index in [1.165, 1.54) is 0 Å². The van der Waals surface area contributed by atoms with E-state index < -0.39 is 10.0 Å². The van der Waals surface area contributed by atoms with Gasteiger partial charge in [0, 0.05) is 25.6 Å². The Morgan fingerprint density at radius 2 is 1.91 bits per heavy atom. The zero-order chi connectivity index (χ0) is 15.7. The highest BCUT2D eigenvalue weighted by Crippen LogP contribution is 2.22. The zero-order valence-corrected chi connectivity index (χ0v) is 13.1. The van der Waals surface area contributed by atoms with Gasteiger partial charge in [0.1, 0.15) is 0 Å². The molecule has 1 atom stereocenters. The maximum absolute atomic E-state index is 12.1. The maximum atomic E-state index is 12.1. The summed E-state index contributed by atoms with van der Waals surface area (Å²) in [6.45, 7) is 0.914. The number of benzene rings is 2. The number of nitrogens with zero attached hydrogens (tertiary/aromatic N) is 1. The van der Waals surface area contributed by atoms with Crippen molar-refractivity contribution in [3.05, 3.63) is 48.0 Å². The lowest BCUT2D eigenvalue weighted by atomic mass is 10.0. The van der Waals surface area contributed by atoms with Gasteiger partial charge in [-0.15, -0.1) is 0 Å². The van der Waals surface area contributed by atoms with E-state index in [1.54, 1.807) is 4.90 Å². The van der Waals surface area contributed by atoms with Gasteiger partial charge in [0.15, 0.2) is 0 Å². The highest BCUT2D eigenvalue weighted by molar-refractivity contribution is 7.88. The topological polar surface area (TPSA) is 66.5 Å². The summed E-state index contributed by atoms with van der Waals surface area (Å²) in [4.78, 5) is 13.8. The Morgan fingerprint density at radius 3 is 2.68 bits per heavy atom. The molecule has 3 rings (SSSR count). The highest BCUT2D eigenvalue weighted by atomic mass is 32.2. The predicted molar refractivity (Wildman–Crippen MR) is 85.7 cm³/mol. The molecule has 2 aromatic carbocycles. The molecule has 2 aromatic rings. The second-order valence-electron chi connectivity index (χ2n) is 5.70. The van der Waals surface area contributed by atoms with Gasteiger partial charge >= 0.3 is 0 Å². The van der Waals surface area contributed by atoms with Gasteiger partial charge < -0.3 is 4.90 Å². The quantitative estimate of drug-likeness (QED) is 0.929. The Kier molecular flexibility index (Phi) is 3.88. The third-order valence-corrected chi connectivity index (χ3v) is 4.60. The number of hydrogen-bond acceptors (Lipinski definition) is 3. The summed E-state index contributed by atoms with van der Waals surface area (Å²) in [6.07, 6.45) is 1.34. The van der Waals surface area contributed by atoms with Gasteiger partial charge in [-0.2, -0.15) is 0 Å². The third kappa shape index (κ3) is 3.28. The van der Waals surface area contributed by atoms with Crippen LogP contribution in [-0.2, 0) is 21.4 Å². The molecule has 0 spiro atoms. The smallest absolute Gasteiger partial charge is 0.224 e. The largest absolute Gasteiger partial charge is 0.337 e. The fraction of sp³-hybridized carbons (Fsp3) is 0.312. The summed E-state index contributed by atoms with van der Waals surface area (Å²) in [5.74, 6) is -0.0194. The molecular weight excluding hydrogens is 300 g/mol. The molecule has 0 aliphatic carbocycles. The molecule has 0 bridgehead atoms. The zero-order valence-electron chi connectivity index (χ0n) is 12.3. The number of sulfonamides is 1. The summed E-state index contributed by atoms with van der Waals surface area (Å²) in [7, 11) is -3.29. The van der Waals surface area contributed by atoms with Gasteiger partial charge in [-0.05, 0) is 16.3 Å². The van der Waals surface area contributed by atoms with Crippen LogP contribution in [0.25, 0.3) is 10.8 Å². The molecule has 1 unspecified atom stereocenters. The van der Waals surface area contributed by atoms with Gasteiger partial charge in [0.2, 0.25) is 15.9 Å². The Balaban J connectivity index is 1.79. The molecule has 5 nitrogen and oxygen atoms in total. The highest BCUT2D eigenvalue weighted by Gasteiger charge is 2.31. The maximum Gasteiger partial charge on any atom is 0.224 e. The van der Waals surface area contributed by atoms with E-state index in [0.717, 1.165) is 22.6 Å². The van der Waals surface area contributed by atoms with Crippen LogP contribution < -0.4 is 4.72 Å². The van der Waals surface area contributed by atoms with E-state index in [2.05, 4.69) is 4.72 Å². The molecule has 116 valence electrons. The number of likely N-dealkylation sites (tertiary alicyclic amines) is 1. The van der Waals surface area contributed by atoms with Crippen LogP contribution in [0.1, 0.15) is 12.0 Å². The van der Waals surface area contributed by atoms with Gasteiger partial charge in [-0.25, -0.2) is 13.1 Å². The van der Waals surface area contributed by atoms with Crippen molar-refractivity contribution in [3.8, 4) is 0 Å². The molecule has 0 radical (unpaired) electrons. The molecule has 1 N–H and O–H groups in total. The second kappa shape index (κ2) is 5.70. The van der Waals surface area contributed by atoms with Crippen LogP contribution in [0.3, 0.4) is 0 Å². The molecule has 1 aliphatic rings. The van der Waals surface area contributed by atoms with E-state index in [1.807, 2.05) is 42.5 Å². The normalized spacial score (nSPS) is 19.0. The van der Waals surface area contributed by atoms with Gasteiger partial charge in [0.25, 0.3) is 0 Å². The number of carbonyl (C=O) groups is 1. The minimum absolute atomic E-state index is 0.0194. The molecule has 1 fully saturated rings. The first kappa shape index (κ1) is 15.0. The van der Waals surface area contributed by atoms with Crippen molar-refractivity contribution < 1.29 is 13.2 Å². The summed E-state index contributed by atoms with van der Waals surface area (Å²) in [5.41, 5.74) is 1.08. The van der Waals surface area contributed by atoms with Crippen LogP contribution in [0.5, 0.6) is 0 Å². The SMILES string of the molecule is CS(=O)(=O)NC1CC(=O)N(Cc2cccc3ccccc23)C1. The first-order chi connectivity index (χ1) is 10.4. The summed E-state index contributed by atoms with van der Waals surface area (Å²) >= 11 is 0. The fourth-order valence-electron chi connectivity index (χ4n) is 2.94. The van der Waals surface area contributed by atoms with E-state index in [9.17, 15) is 13.2 Å². The monoisotopic (exact) mass is 318 g/mol. The van der Waals surface area contributed by atoms with E-state index >= 15 is 0 Å². The van der Waals surface area contributed by atoms with Crippen molar-refractivity contribution in [2.24, 2.45) is 0 Å². The molecule has 1 amide bonds. The van der Waals surface area contributed by atoms with Crippen LogP contribution in [0.4, 0.5) is 0 Å². The van der Waals surface area contributed by atoms with Crippen LogP contribution in [0.2, 0.25) is 0 Å². The molecular formula is C16H18N2O3S. The minimum Gasteiger partial charge on any atom is -0.337 e. The number of nitrogens with one attached hydrogen (secondary N) is 1. The number of fused-ring (bicyclic) bond motifs is 1. The number of amides is 1. The van der Waals surface area contributed by atoms with Crippen LogP contribution in [0, 0.1) is 0 Å². The van der Waals surface area contributed by atoms with Crippen LogP contribution in [-0.4, -0.2) is 38.1 Å². The first-order valence-electron chi connectivity index (χ1n) is 7.14. The third-order valence-electron chi connectivity index (χ3n) is 3.84. The van der Waals surface area contributed by atoms with Crippen LogP contribution in [0.15, 0.2) is 42.5 Å². The van der Waals surface area contributed by atoms with Crippen molar-refractivity contribution in [1.82, 2.24) is 9.62 Å². The Hall–Kier alpha value is -1.92. The van der Waals surface area contributed by atoms with Crippen molar-refractivity contribution >= 4 is 26.7 Å². The van der Waals surface area contributed by atoms with Gasteiger partial charge in [-0.3, -0.25) is 4.79 Å². The van der Waals surface area contributed by atoms with Gasteiger partial charge in [0.05, 0.1) is 6.26 Å². The average molecular weight is 318 g/mol. The van der Waals surface area contributed by atoms with E-state index in [4.69, 9.17) is 0 Å². The molecule has 0 saturated carbocycles. The van der Waals surface area contributed by atoms with E-state index in [-0.39, 0.29) is 18.4 Å². The molecule has 1 heterocycles. The molecule has 6 heteroatoms. The predicted octanol–water partition coefficient (Wildman–Crippen LogP) is 1.49. The van der Waals surface area contributed by atoms with Crippen LogP contribution >= 0.6 is 0 Å². The number of carbonyl (C=O) groups excluding carboxylic acids is 1. The first-order valence-corrected chi connectivity index (χ1v) is 9.03. The van der Waals surface area contributed by atoms with Crippen molar-refractivity contribution in [1.29, 1.82) is 0 Å². The number of hydrogen-bond donors (Lipinski definition) is 1. The van der Waals surface area contributed by atoms with Crippen molar-refractivity contribution in [3.63, 3.8) is 0 Å². The molecule has 0 aromatic heterocycles. The molecule has 1 saturated heterocycles. The summed E-state index contributed by atoms with van der Waals surface area (Å²) in [6, 6.07) is 13.7. The fourth-order valence-corrected chi connectivity index (χ4v) is 3.71. The Morgan fingerprint density at radius 1 is 1.18 bits per heavy atom.